The topological polar surface area (TPSA) is 78.6 Å². The van der Waals surface area contributed by atoms with E-state index in [2.05, 4.69) is 10.3 Å². The van der Waals surface area contributed by atoms with Gasteiger partial charge in [0.15, 0.2) is 0 Å². The first-order valence-corrected chi connectivity index (χ1v) is 7.57. The number of aliphatic hydroxyl groups is 1. The highest BCUT2D eigenvalue weighted by Crippen LogP contribution is 2.24. The van der Waals surface area contributed by atoms with Crippen LogP contribution in [0.1, 0.15) is 43.0 Å². The molecule has 1 aromatic heterocycles. The summed E-state index contributed by atoms with van der Waals surface area (Å²) in [6.07, 6.45) is 3.75. The van der Waals surface area contributed by atoms with E-state index in [1.807, 2.05) is 13.8 Å². The summed E-state index contributed by atoms with van der Waals surface area (Å²) in [5.74, 6) is 1.48. The number of rotatable bonds is 4. The largest absolute Gasteiger partial charge is 0.444 e. The van der Waals surface area contributed by atoms with E-state index in [4.69, 9.17) is 4.42 Å². The number of carbonyl (C=O) groups excluding carboxylic acids is 1. The molecule has 0 saturated heterocycles. The molecule has 1 aliphatic carbocycles. The van der Waals surface area contributed by atoms with E-state index in [1.165, 1.54) is 0 Å². The molecule has 1 aromatic rings. The summed E-state index contributed by atoms with van der Waals surface area (Å²) >= 11 is 0. The van der Waals surface area contributed by atoms with Gasteiger partial charge in [0.1, 0.15) is 5.76 Å². The molecule has 1 fully saturated rings. The van der Waals surface area contributed by atoms with Gasteiger partial charge in [-0.3, -0.25) is 0 Å². The summed E-state index contributed by atoms with van der Waals surface area (Å²) < 4.78 is 5.43. The molecule has 0 aliphatic heterocycles. The van der Waals surface area contributed by atoms with Crippen LogP contribution in [-0.4, -0.2) is 40.7 Å². The molecule has 118 valence electrons. The number of aryl methyl sites for hydroxylation is 2. The van der Waals surface area contributed by atoms with Crippen molar-refractivity contribution in [3.05, 3.63) is 17.3 Å². The highest BCUT2D eigenvalue weighted by Gasteiger charge is 2.25. The summed E-state index contributed by atoms with van der Waals surface area (Å²) in [6.45, 7) is 4.59. The molecule has 1 saturated carbocycles. The molecule has 0 spiro atoms. The second-order valence-electron chi connectivity index (χ2n) is 5.90. The fraction of sp³-hybridized carbons (Fsp3) is 0.733. The third kappa shape index (κ3) is 4.20. The fourth-order valence-corrected chi connectivity index (χ4v) is 2.74. The summed E-state index contributed by atoms with van der Waals surface area (Å²) in [5.41, 5.74) is 0.845. The third-order valence-corrected chi connectivity index (χ3v) is 4.19. The van der Waals surface area contributed by atoms with E-state index < -0.39 is 0 Å². The van der Waals surface area contributed by atoms with Crippen LogP contribution in [0.3, 0.4) is 0 Å². The number of oxazole rings is 1. The Balaban J connectivity index is 1.79. The Hall–Kier alpha value is -1.56. The maximum atomic E-state index is 12.1. The van der Waals surface area contributed by atoms with E-state index in [-0.39, 0.29) is 24.6 Å². The second kappa shape index (κ2) is 6.93. The Kier molecular flexibility index (Phi) is 5.22. The Morgan fingerprint density at radius 2 is 2.14 bits per heavy atom. The number of hydrogen-bond donors (Lipinski definition) is 2. The van der Waals surface area contributed by atoms with Crippen molar-refractivity contribution in [2.24, 2.45) is 5.92 Å². The molecule has 1 aliphatic rings. The van der Waals surface area contributed by atoms with Gasteiger partial charge >= 0.3 is 6.03 Å². The van der Waals surface area contributed by atoms with Gasteiger partial charge in [-0.25, -0.2) is 9.78 Å². The number of amides is 2. The summed E-state index contributed by atoms with van der Waals surface area (Å²) in [6, 6.07) is -0.165. The highest BCUT2D eigenvalue weighted by atomic mass is 16.4. The minimum Gasteiger partial charge on any atom is -0.444 e. The smallest absolute Gasteiger partial charge is 0.317 e. The average molecular weight is 295 g/mol. The summed E-state index contributed by atoms with van der Waals surface area (Å²) in [4.78, 5) is 17.9. The first-order valence-electron chi connectivity index (χ1n) is 7.57. The lowest BCUT2D eigenvalue weighted by Gasteiger charge is -2.31. The Labute approximate surface area is 125 Å². The number of nitrogens with one attached hydrogen (secondary N) is 1. The molecular weight excluding hydrogens is 270 g/mol. The van der Waals surface area contributed by atoms with E-state index >= 15 is 0 Å². The van der Waals surface area contributed by atoms with Crippen LogP contribution in [0.15, 0.2) is 4.42 Å². The van der Waals surface area contributed by atoms with Crippen LogP contribution in [0.2, 0.25) is 0 Å². The van der Waals surface area contributed by atoms with Crippen LogP contribution in [0, 0.1) is 19.8 Å². The Morgan fingerprint density at radius 3 is 2.76 bits per heavy atom. The number of urea groups is 1. The summed E-state index contributed by atoms with van der Waals surface area (Å²) in [7, 11) is 1.75. The number of nitrogens with zero attached hydrogens (tertiary/aromatic N) is 2. The molecule has 0 bridgehead atoms. The fourth-order valence-electron chi connectivity index (χ4n) is 2.74. The van der Waals surface area contributed by atoms with E-state index in [9.17, 15) is 9.90 Å². The molecule has 6 nitrogen and oxygen atoms in total. The molecule has 1 heterocycles. The quantitative estimate of drug-likeness (QED) is 0.890. The number of carbonyl (C=O) groups is 1. The minimum atomic E-state index is -0.286. The van der Waals surface area contributed by atoms with Crippen molar-refractivity contribution in [1.29, 1.82) is 0 Å². The van der Waals surface area contributed by atoms with Gasteiger partial charge in [0.05, 0.1) is 18.3 Å². The van der Waals surface area contributed by atoms with Crippen LogP contribution in [0.5, 0.6) is 0 Å². The predicted octanol–water partition coefficient (Wildman–Crippen LogP) is 1.98. The van der Waals surface area contributed by atoms with Crippen molar-refractivity contribution < 1.29 is 14.3 Å². The maximum Gasteiger partial charge on any atom is 0.317 e. The Bertz CT molecular complexity index is 467. The van der Waals surface area contributed by atoms with Crippen molar-refractivity contribution in [1.82, 2.24) is 15.2 Å². The van der Waals surface area contributed by atoms with E-state index in [0.717, 1.165) is 37.1 Å². The van der Waals surface area contributed by atoms with Crippen LogP contribution in [0.25, 0.3) is 0 Å². The normalized spacial score (nSPS) is 22.1. The molecule has 0 aromatic carbocycles. The van der Waals surface area contributed by atoms with Crippen molar-refractivity contribution in [2.45, 2.75) is 52.2 Å². The van der Waals surface area contributed by atoms with Crippen LogP contribution < -0.4 is 5.32 Å². The van der Waals surface area contributed by atoms with Gasteiger partial charge in [-0.05, 0) is 26.7 Å². The van der Waals surface area contributed by atoms with E-state index in [0.29, 0.717) is 12.4 Å². The van der Waals surface area contributed by atoms with Crippen LogP contribution in [0.4, 0.5) is 4.79 Å². The maximum absolute atomic E-state index is 12.1. The minimum absolute atomic E-state index is 0.165. The van der Waals surface area contributed by atoms with Crippen LogP contribution >= 0.6 is 0 Å². The molecule has 2 amide bonds. The van der Waals surface area contributed by atoms with Gasteiger partial charge < -0.3 is 19.7 Å². The van der Waals surface area contributed by atoms with Gasteiger partial charge in [-0.1, -0.05) is 12.8 Å². The van der Waals surface area contributed by atoms with Crippen molar-refractivity contribution in [3.8, 4) is 0 Å². The van der Waals surface area contributed by atoms with Gasteiger partial charge in [0.2, 0.25) is 5.89 Å². The van der Waals surface area contributed by atoms with E-state index in [1.54, 1.807) is 11.9 Å². The molecule has 2 unspecified atom stereocenters. The van der Waals surface area contributed by atoms with Gasteiger partial charge in [0.25, 0.3) is 0 Å². The third-order valence-electron chi connectivity index (χ3n) is 4.19. The molecular formula is C15H25N3O3. The highest BCUT2D eigenvalue weighted by molar-refractivity contribution is 5.73. The molecule has 2 N–H and O–H groups in total. The molecule has 0 radical (unpaired) electrons. The zero-order valence-corrected chi connectivity index (χ0v) is 13.1. The standard InChI is InChI=1S/C15H25N3O3/c1-10-11(2)21-14(17-10)8-16-15(20)18(3)9-12-6-4-5-7-13(12)19/h12-13,19H,4-9H2,1-3H3,(H,16,20). The van der Waals surface area contributed by atoms with Gasteiger partial charge in [-0.15, -0.1) is 0 Å². The average Bonchev–Trinajstić information content (AvgIpc) is 2.77. The predicted molar refractivity (Wildman–Crippen MR) is 78.8 cm³/mol. The zero-order chi connectivity index (χ0) is 15.4. The SMILES string of the molecule is Cc1nc(CNC(=O)N(C)CC2CCCCC2O)oc1C. The first-order chi connectivity index (χ1) is 9.97. The lowest BCUT2D eigenvalue weighted by atomic mass is 9.86. The lowest BCUT2D eigenvalue weighted by molar-refractivity contribution is 0.0564. The molecule has 6 heteroatoms. The van der Waals surface area contributed by atoms with Crippen molar-refractivity contribution >= 4 is 6.03 Å². The Morgan fingerprint density at radius 1 is 1.43 bits per heavy atom. The summed E-state index contributed by atoms with van der Waals surface area (Å²) in [5, 5.41) is 12.8. The second-order valence-corrected chi connectivity index (χ2v) is 5.90. The van der Waals surface area contributed by atoms with Gasteiger partial charge in [0, 0.05) is 19.5 Å². The zero-order valence-electron chi connectivity index (χ0n) is 13.1. The molecule has 2 atom stereocenters. The lowest BCUT2D eigenvalue weighted by Crippen LogP contribution is -2.42. The van der Waals surface area contributed by atoms with Crippen LogP contribution in [-0.2, 0) is 6.54 Å². The van der Waals surface area contributed by atoms with Crippen molar-refractivity contribution in [2.75, 3.05) is 13.6 Å². The number of aromatic nitrogens is 1. The monoisotopic (exact) mass is 295 g/mol. The van der Waals surface area contributed by atoms with Crippen molar-refractivity contribution in [3.63, 3.8) is 0 Å². The number of aliphatic hydroxyl groups excluding tert-OH is 1. The molecule has 21 heavy (non-hydrogen) atoms. The molecule has 2 rings (SSSR count). The first kappa shape index (κ1) is 15.8. The van der Waals surface area contributed by atoms with Gasteiger partial charge in [-0.2, -0.15) is 0 Å². The number of hydrogen-bond acceptors (Lipinski definition) is 4.